The molecule has 0 atom stereocenters. The molecular formula is C13H12ClN3OS2. The quantitative estimate of drug-likeness (QED) is 0.513. The molecule has 2 aromatic rings. The van der Waals surface area contributed by atoms with Crippen LogP contribution in [0.1, 0.15) is 12.5 Å². The standard InChI is InChI=1S/C13H12ClN3OS2/c1-2-19-13-17-16-12(20-13)15-11(18)8-5-9-3-6-10(14)7-4-9/h3-8H,2H2,1H3,(H,15,16,18). The molecule has 20 heavy (non-hydrogen) atoms. The number of nitrogens with one attached hydrogen (secondary N) is 1. The van der Waals surface area contributed by atoms with Crippen molar-refractivity contribution in [1.82, 2.24) is 10.2 Å². The molecule has 104 valence electrons. The van der Waals surface area contributed by atoms with Gasteiger partial charge in [0.25, 0.3) is 0 Å². The van der Waals surface area contributed by atoms with E-state index >= 15 is 0 Å². The van der Waals surface area contributed by atoms with Gasteiger partial charge in [-0.3, -0.25) is 10.1 Å². The number of benzene rings is 1. The SMILES string of the molecule is CCSc1nnc(NC(=O)C=Cc2ccc(Cl)cc2)s1. The first kappa shape index (κ1) is 15.0. The molecule has 0 unspecified atom stereocenters. The largest absolute Gasteiger partial charge is 0.297 e. The van der Waals surface area contributed by atoms with Gasteiger partial charge in [-0.05, 0) is 29.5 Å². The molecular weight excluding hydrogens is 314 g/mol. The summed E-state index contributed by atoms with van der Waals surface area (Å²) in [5.41, 5.74) is 0.907. The molecule has 0 aliphatic carbocycles. The van der Waals surface area contributed by atoms with E-state index in [4.69, 9.17) is 11.6 Å². The van der Waals surface area contributed by atoms with Crippen LogP contribution in [0.15, 0.2) is 34.7 Å². The Morgan fingerprint density at radius 2 is 2.15 bits per heavy atom. The van der Waals surface area contributed by atoms with Gasteiger partial charge in [-0.2, -0.15) is 0 Å². The maximum Gasteiger partial charge on any atom is 0.250 e. The van der Waals surface area contributed by atoms with Crippen molar-refractivity contribution in [2.24, 2.45) is 0 Å². The Morgan fingerprint density at radius 1 is 1.40 bits per heavy atom. The van der Waals surface area contributed by atoms with E-state index in [-0.39, 0.29) is 5.91 Å². The summed E-state index contributed by atoms with van der Waals surface area (Å²) in [5, 5.41) is 11.7. The van der Waals surface area contributed by atoms with Gasteiger partial charge in [0.15, 0.2) is 4.34 Å². The molecule has 0 aliphatic rings. The molecule has 0 saturated heterocycles. The number of amides is 1. The Kier molecular flexibility index (Phi) is 5.58. The third-order valence-corrected chi connectivity index (χ3v) is 4.31. The van der Waals surface area contributed by atoms with E-state index in [0.717, 1.165) is 15.7 Å². The molecule has 0 fully saturated rings. The van der Waals surface area contributed by atoms with Gasteiger partial charge in [0.2, 0.25) is 11.0 Å². The van der Waals surface area contributed by atoms with Gasteiger partial charge in [0.05, 0.1) is 0 Å². The van der Waals surface area contributed by atoms with Gasteiger partial charge < -0.3 is 0 Å². The van der Waals surface area contributed by atoms with Gasteiger partial charge >= 0.3 is 0 Å². The smallest absolute Gasteiger partial charge is 0.250 e. The number of hydrogen-bond acceptors (Lipinski definition) is 5. The van der Waals surface area contributed by atoms with Crippen LogP contribution >= 0.6 is 34.7 Å². The zero-order chi connectivity index (χ0) is 14.4. The molecule has 0 radical (unpaired) electrons. The molecule has 1 aromatic heterocycles. The first-order chi connectivity index (χ1) is 9.67. The summed E-state index contributed by atoms with van der Waals surface area (Å²) >= 11 is 8.76. The summed E-state index contributed by atoms with van der Waals surface area (Å²) in [5.74, 6) is 0.697. The van der Waals surface area contributed by atoms with E-state index in [1.807, 2.05) is 19.1 Å². The number of nitrogens with zero attached hydrogens (tertiary/aromatic N) is 2. The zero-order valence-corrected chi connectivity index (χ0v) is 13.1. The lowest BCUT2D eigenvalue weighted by molar-refractivity contribution is -0.111. The Balaban J connectivity index is 1.92. The minimum Gasteiger partial charge on any atom is -0.297 e. The van der Waals surface area contributed by atoms with Crippen molar-refractivity contribution in [2.45, 2.75) is 11.3 Å². The summed E-state index contributed by atoms with van der Waals surface area (Å²) in [6.45, 7) is 2.04. The van der Waals surface area contributed by atoms with E-state index in [1.54, 1.807) is 30.0 Å². The van der Waals surface area contributed by atoms with Gasteiger partial charge in [0.1, 0.15) is 0 Å². The highest BCUT2D eigenvalue weighted by molar-refractivity contribution is 8.01. The number of hydrogen-bond donors (Lipinski definition) is 1. The Hall–Kier alpha value is -1.37. The average Bonchev–Trinajstić information content (AvgIpc) is 2.86. The first-order valence-corrected chi connectivity index (χ1v) is 8.06. The molecule has 7 heteroatoms. The van der Waals surface area contributed by atoms with Crippen LogP contribution in [0.25, 0.3) is 6.08 Å². The number of thioether (sulfide) groups is 1. The molecule has 0 spiro atoms. The third-order valence-electron chi connectivity index (χ3n) is 2.20. The number of carbonyl (C=O) groups is 1. The number of carbonyl (C=O) groups excluding carboxylic acids is 1. The Bertz CT molecular complexity index is 610. The van der Waals surface area contributed by atoms with E-state index in [1.165, 1.54) is 17.4 Å². The molecule has 0 bridgehead atoms. The van der Waals surface area contributed by atoms with E-state index < -0.39 is 0 Å². The summed E-state index contributed by atoms with van der Waals surface area (Å²) in [6, 6.07) is 7.23. The highest BCUT2D eigenvalue weighted by Gasteiger charge is 2.05. The predicted molar refractivity (Wildman–Crippen MR) is 85.4 cm³/mol. The normalized spacial score (nSPS) is 10.9. The molecule has 1 N–H and O–H groups in total. The van der Waals surface area contributed by atoms with Gasteiger partial charge in [-0.1, -0.05) is 53.8 Å². The molecule has 1 aromatic carbocycles. The molecule has 1 heterocycles. The fourth-order valence-electron chi connectivity index (χ4n) is 1.33. The van der Waals surface area contributed by atoms with Crippen LogP contribution in [0.4, 0.5) is 5.13 Å². The topological polar surface area (TPSA) is 54.9 Å². The van der Waals surface area contributed by atoms with Crippen molar-refractivity contribution in [3.63, 3.8) is 0 Å². The van der Waals surface area contributed by atoms with Crippen LogP contribution in [0, 0.1) is 0 Å². The highest BCUT2D eigenvalue weighted by atomic mass is 35.5. The second-order valence-electron chi connectivity index (χ2n) is 3.68. The molecule has 1 amide bonds. The van der Waals surface area contributed by atoms with Crippen LogP contribution in [-0.4, -0.2) is 21.9 Å². The molecule has 2 rings (SSSR count). The molecule has 0 saturated carbocycles. The summed E-state index contributed by atoms with van der Waals surface area (Å²) in [7, 11) is 0. The fraction of sp³-hybridized carbons (Fsp3) is 0.154. The number of rotatable bonds is 5. The second kappa shape index (κ2) is 7.42. The van der Waals surface area contributed by atoms with Crippen molar-refractivity contribution in [2.75, 3.05) is 11.1 Å². The van der Waals surface area contributed by atoms with Crippen LogP contribution in [0.5, 0.6) is 0 Å². The average molecular weight is 326 g/mol. The lowest BCUT2D eigenvalue weighted by Gasteiger charge is -1.95. The first-order valence-electron chi connectivity index (χ1n) is 5.88. The zero-order valence-electron chi connectivity index (χ0n) is 10.7. The Labute approximate surface area is 130 Å². The van der Waals surface area contributed by atoms with E-state index in [9.17, 15) is 4.79 Å². The van der Waals surface area contributed by atoms with Crippen molar-refractivity contribution >= 4 is 51.8 Å². The second-order valence-corrected chi connectivity index (χ2v) is 6.61. The van der Waals surface area contributed by atoms with Crippen LogP contribution in [-0.2, 0) is 4.79 Å². The minimum absolute atomic E-state index is 0.232. The highest BCUT2D eigenvalue weighted by Crippen LogP contribution is 2.24. The van der Waals surface area contributed by atoms with Crippen molar-refractivity contribution in [1.29, 1.82) is 0 Å². The van der Waals surface area contributed by atoms with Crippen molar-refractivity contribution < 1.29 is 4.79 Å². The third kappa shape index (κ3) is 4.63. The monoisotopic (exact) mass is 325 g/mol. The Morgan fingerprint density at radius 3 is 2.85 bits per heavy atom. The maximum absolute atomic E-state index is 11.7. The lowest BCUT2D eigenvalue weighted by Crippen LogP contribution is -2.07. The minimum atomic E-state index is -0.232. The van der Waals surface area contributed by atoms with Crippen LogP contribution in [0.3, 0.4) is 0 Å². The van der Waals surface area contributed by atoms with Gasteiger partial charge in [0, 0.05) is 11.1 Å². The fourth-order valence-corrected chi connectivity index (χ4v) is 3.11. The maximum atomic E-state index is 11.7. The van der Waals surface area contributed by atoms with Crippen molar-refractivity contribution in [3.05, 3.63) is 40.9 Å². The van der Waals surface area contributed by atoms with Crippen molar-refractivity contribution in [3.8, 4) is 0 Å². The van der Waals surface area contributed by atoms with E-state index in [2.05, 4.69) is 15.5 Å². The van der Waals surface area contributed by atoms with Crippen LogP contribution < -0.4 is 5.32 Å². The lowest BCUT2D eigenvalue weighted by atomic mass is 10.2. The van der Waals surface area contributed by atoms with Gasteiger partial charge in [-0.15, -0.1) is 10.2 Å². The number of aromatic nitrogens is 2. The summed E-state index contributed by atoms with van der Waals surface area (Å²) < 4.78 is 0.851. The van der Waals surface area contributed by atoms with E-state index in [0.29, 0.717) is 10.2 Å². The summed E-state index contributed by atoms with van der Waals surface area (Å²) in [6.07, 6.45) is 3.17. The number of halogens is 1. The van der Waals surface area contributed by atoms with Gasteiger partial charge in [-0.25, -0.2) is 0 Å². The molecule has 4 nitrogen and oxygen atoms in total. The predicted octanol–water partition coefficient (Wildman–Crippen LogP) is 3.96. The van der Waals surface area contributed by atoms with Crippen LogP contribution in [0.2, 0.25) is 5.02 Å². The summed E-state index contributed by atoms with van der Waals surface area (Å²) in [4.78, 5) is 11.7. The molecule has 0 aliphatic heterocycles. The number of anilines is 1.